The van der Waals surface area contributed by atoms with E-state index in [-0.39, 0.29) is 5.69 Å². The fraction of sp³-hybridized carbons (Fsp3) is 0. The van der Waals surface area contributed by atoms with Gasteiger partial charge in [0.25, 0.3) is 11.5 Å². The van der Waals surface area contributed by atoms with E-state index in [4.69, 9.17) is 4.74 Å². The minimum atomic E-state index is -0.757. The van der Waals surface area contributed by atoms with Crippen LogP contribution in [0.25, 0.3) is 23.1 Å². The third-order valence-electron chi connectivity index (χ3n) is 5.13. The molecular formula is C26H19N5O4. The van der Waals surface area contributed by atoms with Crippen LogP contribution < -0.4 is 21.3 Å². The molecule has 1 amide bonds. The van der Waals surface area contributed by atoms with Gasteiger partial charge < -0.3 is 15.0 Å². The molecule has 0 bridgehead atoms. The lowest BCUT2D eigenvalue weighted by atomic mass is 10.1. The molecule has 2 heterocycles. The minimum Gasteiger partial charge on any atom is -0.457 e. The van der Waals surface area contributed by atoms with Crippen LogP contribution in [-0.4, -0.2) is 26.1 Å². The van der Waals surface area contributed by atoms with E-state index < -0.39 is 17.2 Å². The Morgan fingerprint density at radius 1 is 0.857 bits per heavy atom. The molecule has 3 aromatic carbocycles. The van der Waals surface area contributed by atoms with Crippen LogP contribution in [0.5, 0.6) is 11.5 Å². The van der Waals surface area contributed by atoms with Gasteiger partial charge in [-0.25, -0.2) is 4.79 Å². The molecular weight excluding hydrogens is 446 g/mol. The number of amides is 1. The molecule has 0 spiro atoms. The van der Waals surface area contributed by atoms with E-state index in [0.717, 1.165) is 28.2 Å². The van der Waals surface area contributed by atoms with Gasteiger partial charge in [0.1, 0.15) is 17.2 Å². The molecule has 0 fully saturated rings. The summed E-state index contributed by atoms with van der Waals surface area (Å²) in [5.74, 6) is 0.452. The average Bonchev–Trinajstić information content (AvgIpc) is 3.25. The third kappa shape index (κ3) is 5.09. The number of benzene rings is 3. The smallest absolute Gasteiger partial charge is 0.326 e. The maximum absolute atomic E-state index is 12.4. The van der Waals surface area contributed by atoms with E-state index >= 15 is 0 Å². The van der Waals surface area contributed by atoms with Crippen molar-refractivity contribution in [3.63, 3.8) is 0 Å². The second kappa shape index (κ2) is 9.36. The van der Waals surface area contributed by atoms with Crippen molar-refractivity contribution in [1.82, 2.24) is 20.2 Å². The lowest BCUT2D eigenvalue weighted by Gasteiger charge is -2.09. The lowest BCUT2D eigenvalue weighted by molar-refractivity contribution is 0.102. The third-order valence-corrected chi connectivity index (χ3v) is 5.13. The highest BCUT2D eigenvalue weighted by Gasteiger charge is 2.10. The Morgan fingerprint density at radius 2 is 1.69 bits per heavy atom. The Bertz CT molecular complexity index is 1640. The number of aromatic nitrogens is 4. The van der Waals surface area contributed by atoms with E-state index in [1.165, 1.54) is 0 Å². The van der Waals surface area contributed by atoms with Crippen LogP contribution >= 0.6 is 0 Å². The van der Waals surface area contributed by atoms with E-state index in [0.29, 0.717) is 17.2 Å². The molecule has 2 aromatic heterocycles. The van der Waals surface area contributed by atoms with Gasteiger partial charge >= 0.3 is 5.69 Å². The van der Waals surface area contributed by atoms with Crippen LogP contribution in [-0.2, 0) is 0 Å². The van der Waals surface area contributed by atoms with Crippen LogP contribution in [0.1, 0.15) is 21.7 Å². The number of rotatable bonds is 6. The zero-order valence-corrected chi connectivity index (χ0v) is 18.2. The van der Waals surface area contributed by atoms with Crippen molar-refractivity contribution < 1.29 is 9.53 Å². The lowest BCUT2D eigenvalue weighted by Crippen LogP contribution is -2.27. The first-order valence-electron chi connectivity index (χ1n) is 10.7. The molecule has 0 aliphatic carbocycles. The van der Waals surface area contributed by atoms with Crippen molar-refractivity contribution in [2.24, 2.45) is 0 Å². The van der Waals surface area contributed by atoms with Gasteiger partial charge in [-0.2, -0.15) is 5.10 Å². The number of carbonyl (C=O) groups is 1. The van der Waals surface area contributed by atoms with Crippen LogP contribution in [0.4, 0.5) is 5.69 Å². The molecule has 35 heavy (non-hydrogen) atoms. The zero-order valence-electron chi connectivity index (χ0n) is 18.2. The van der Waals surface area contributed by atoms with Crippen LogP contribution in [0.3, 0.4) is 0 Å². The zero-order chi connectivity index (χ0) is 24.2. The summed E-state index contributed by atoms with van der Waals surface area (Å²) in [4.78, 5) is 39.5. The molecule has 9 nitrogen and oxygen atoms in total. The molecule has 0 unspecified atom stereocenters. The number of anilines is 1. The predicted octanol–water partition coefficient (Wildman–Crippen LogP) is 4.15. The number of ether oxygens (including phenoxy) is 1. The molecule has 0 saturated heterocycles. The van der Waals surface area contributed by atoms with Gasteiger partial charge in [-0.1, -0.05) is 42.5 Å². The van der Waals surface area contributed by atoms with Gasteiger partial charge in [0.2, 0.25) is 0 Å². The van der Waals surface area contributed by atoms with Crippen LogP contribution in [0.2, 0.25) is 0 Å². The Hall–Kier alpha value is -5.18. The number of hydrogen-bond donors (Lipinski definition) is 4. The Kier molecular flexibility index (Phi) is 5.79. The summed E-state index contributed by atoms with van der Waals surface area (Å²) in [5.41, 5.74) is 1.59. The molecule has 0 atom stereocenters. The molecule has 0 aliphatic rings. The van der Waals surface area contributed by atoms with Crippen molar-refractivity contribution in [3.05, 3.63) is 117 Å². The summed E-state index contributed by atoms with van der Waals surface area (Å²) in [5, 5.41) is 11.0. The highest BCUT2D eigenvalue weighted by molar-refractivity contribution is 6.02. The summed E-state index contributed by atoms with van der Waals surface area (Å²) in [6.07, 6.45) is 3.95. The molecule has 4 N–H and O–H groups in total. The van der Waals surface area contributed by atoms with Crippen LogP contribution in [0.15, 0.2) is 88.5 Å². The number of carbonyl (C=O) groups excluding carboxylic acids is 1. The average molecular weight is 465 g/mol. The molecule has 5 rings (SSSR count). The number of nitrogens with zero attached hydrogens (tertiary/aromatic N) is 1. The first-order valence-corrected chi connectivity index (χ1v) is 10.7. The van der Waals surface area contributed by atoms with Gasteiger partial charge in [0.15, 0.2) is 0 Å². The number of aromatic amines is 3. The fourth-order valence-electron chi connectivity index (χ4n) is 3.51. The van der Waals surface area contributed by atoms with Gasteiger partial charge in [-0.3, -0.25) is 19.7 Å². The fourth-order valence-corrected chi connectivity index (χ4v) is 3.51. The van der Waals surface area contributed by atoms with Crippen molar-refractivity contribution in [2.75, 3.05) is 5.32 Å². The number of nitrogens with one attached hydrogen (secondary N) is 4. The Morgan fingerprint density at radius 3 is 2.51 bits per heavy atom. The Labute approximate surface area is 198 Å². The summed E-state index contributed by atoms with van der Waals surface area (Å²) in [7, 11) is 0. The molecule has 0 radical (unpaired) electrons. The van der Waals surface area contributed by atoms with E-state index in [9.17, 15) is 14.4 Å². The monoisotopic (exact) mass is 465 g/mol. The van der Waals surface area contributed by atoms with Gasteiger partial charge in [0.05, 0.1) is 11.2 Å². The second-order valence-electron chi connectivity index (χ2n) is 7.65. The predicted molar refractivity (Wildman–Crippen MR) is 134 cm³/mol. The number of fused-ring (bicyclic) bond motifs is 1. The van der Waals surface area contributed by atoms with E-state index in [1.54, 1.807) is 24.3 Å². The second-order valence-corrected chi connectivity index (χ2v) is 7.65. The standard InChI is InChI=1S/C26H19N5O4/c32-24-15-23(28-26(34)29-24)25(33)27-17-7-4-8-18(13-17)35-19-10-11-20-21(30-31-22(20)14-19)12-9-16-5-2-1-3-6-16/h1-15H,(H,27,33)(H,30,31)(H2,28,29,32,34)/b12-9+. The summed E-state index contributed by atoms with van der Waals surface area (Å²) in [6, 6.07) is 23.4. The maximum Gasteiger partial charge on any atom is 0.326 e. The topological polar surface area (TPSA) is 133 Å². The largest absolute Gasteiger partial charge is 0.457 e. The van der Waals surface area contributed by atoms with Crippen molar-refractivity contribution in [3.8, 4) is 11.5 Å². The highest BCUT2D eigenvalue weighted by Crippen LogP contribution is 2.28. The van der Waals surface area contributed by atoms with Gasteiger partial charge in [-0.15, -0.1) is 0 Å². The SMILES string of the molecule is O=C(Nc1cccc(Oc2ccc3c(/C=C/c4ccccc4)n[nH]c3c2)c1)c1cc(=O)[nH]c(=O)[nH]1. The van der Waals surface area contributed by atoms with E-state index in [2.05, 4.69) is 20.5 Å². The normalized spacial score (nSPS) is 11.1. The molecule has 5 aromatic rings. The molecule has 0 aliphatic heterocycles. The van der Waals surface area contributed by atoms with Crippen LogP contribution in [0, 0.1) is 0 Å². The summed E-state index contributed by atoms with van der Waals surface area (Å²) in [6.45, 7) is 0. The molecule has 9 heteroatoms. The van der Waals surface area contributed by atoms with Crippen molar-refractivity contribution in [1.29, 1.82) is 0 Å². The van der Waals surface area contributed by atoms with E-state index in [1.807, 2.05) is 65.7 Å². The number of hydrogen-bond acceptors (Lipinski definition) is 5. The Balaban J connectivity index is 1.31. The van der Waals surface area contributed by atoms with Crippen molar-refractivity contribution in [2.45, 2.75) is 0 Å². The van der Waals surface area contributed by atoms with Gasteiger partial charge in [0, 0.05) is 29.3 Å². The minimum absolute atomic E-state index is 0.146. The summed E-state index contributed by atoms with van der Waals surface area (Å²) < 4.78 is 5.96. The first kappa shape index (κ1) is 21.7. The summed E-state index contributed by atoms with van der Waals surface area (Å²) >= 11 is 0. The quantitative estimate of drug-likeness (QED) is 0.299. The highest BCUT2D eigenvalue weighted by atomic mass is 16.5. The molecule has 0 saturated carbocycles. The maximum atomic E-state index is 12.4. The number of H-pyrrole nitrogens is 3. The van der Waals surface area contributed by atoms with Gasteiger partial charge in [-0.05, 0) is 35.9 Å². The first-order chi connectivity index (χ1) is 17.0. The molecule has 172 valence electrons. The van der Waals surface area contributed by atoms with Crippen molar-refractivity contribution >= 4 is 34.6 Å².